The fraction of sp³-hybridized carbons (Fsp3) is 0.985. The van der Waals surface area contributed by atoms with E-state index in [0.29, 0.717) is 11.8 Å². The molecule has 0 heterocycles. The lowest BCUT2D eigenvalue weighted by Crippen LogP contribution is -2.24. The largest absolute Gasteiger partial charge is 0.299 e. The number of hydrogen-bond acceptors (Lipinski definition) is 1. The van der Waals surface area contributed by atoms with Crippen molar-refractivity contribution in [3.8, 4) is 0 Å². The highest BCUT2D eigenvalue weighted by molar-refractivity contribution is 5.83. The van der Waals surface area contributed by atoms with Gasteiger partial charge in [0.2, 0.25) is 0 Å². The van der Waals surface area contributed by atoms with Crippen LogP contribution >= 0.6 is 0 Å². The molecule has 0 radical (unpaired) electrons. The van der Waals surface area contributed by atoms with Gasteiger partial charge in [0.25, 0.3) is 0 Å². The van der Waals surface area contributed by atoms with Crippen LogP contribution in [0.5, 0.6) is 0 Å². The molecule has 0 rings (SSSR count). The molecule has 2 unspecified atom stereocenters. The van der Waals surface area contributed by atoms with Gasteiger partial charge >= 0.3 is 0 Å². The second kappa shape index (κ2) is 61.0. The Hall–Kier alpha value is -0.330. The van der Waals surface area contributed by atoms with Gasteiger partial charge in [0, 0.05) is 11.8 Å². The number of hydrogen-bond donors (Lipinski definition) is 0. The number of rotatable bonds is 62. The third-order valence-corrected chi connectivity index (χ3v) is 16.4. The average molecular weight is 956 g/mol. The van der Waals surface area contributed by atoms with E-state index in [2.05, 4.69) is 27.7 Å². The van der Waals surface area contributed by atoms with Crippen LogP contribution in [0.15, 0.2) is 0 Å². The van der Waals surface area contributed by atoms with Crippen LogP contribution in [-0.4, -0.2) is 5.78 Å². The summed E-state index contributed by atoms with van der Waals surface area (Å²) in [6.07, 6.45) is 84.0. The summed E-state index contributed by atoms with van der Waals surface area (Å²) in [5.74, 6) is 1.40. The molecule has 408 valence electrons. The third-order valence-electron chi connectivity index (χ3n) is 16.4. The van der Waals surface area contributed by atoms with E-state index in [9.17, 15) is 4.79 Å². The van der Waals surface area contributed by atoms with E-state index >= 15 is 0 Å². The quantitative estimate of drug-likeness (QED) is 0.0555. The van der Waals surface area contributed by atoms with Crippen molar-refractivity contribution in [1.29, 1.82) is 0 Å². The van der Waals surface area contributed by atoms with Gasteiger partial charge in [0.1, 0.15) is 5.78 Å². The maximum Gasteiger partial charge on any atom is 0.139 e. The second-order valence-corrected chi connectivity index (χ2v) is 23.3. The minimum atomic E-state index is 0.341. The van der Waals surface area contributed by atoms with E-state index < -0.39 is 0 Å². The Kier molecular flexibility index (Phi) is 60.7. The van der Waals surface area contributed by atoms with E-state index in [4.69, 9.17) is 0 Å². The van der Waals surface area contributed by atoms with Gasteiger partial charge in [0.05, 0.1) is 0 Å². The Balaban J connectivity index is 4.94. The fourth-order valence-electron chi connectivity index (χ4n) is 11.5. The lowest BCUT2D eigenvalue weighted by atomic mass is 9.80. The zero-order chi connectivity index (χ0) is 49.2. The summed E-state index contributed by atoms with van der Waals surface area (Å²) in [5, 5.41) is 0. The Labute approximate surface area is 433 Å². The summed E-state index contributed by atoms with van der Waals surface area (Å²) < 4.78 is 0. The lowest BCUT2D eigenvalue weighted by molar-refractivity contribution is -0.128. The molecule has 68 heavy (non-hydrogen) atoms. The first-order chi connectivity index (χ1) is 33.7. The predicted octanol–water partition coefficient (Wildman–Crippen LogP) is 25.3. The molecule has 0 aliphatic heterocycles. The molecular formula is C67H134O. The summed E-state index contributed by atoms with van der Waals surface area (Å²) in [4.78, 5) is 14.7. The molecule has 1 nitrogen and oxygen atoms in total. The van der Waals surface area contributed by atoms with Gasteiger partial charge in [-0.15, -0.1) is 0 Å². The molecule has 0 spiro atoms. The smallest absolute Gasteiger partial charge is 0.139 e. The molecule has 0 fully saturated rings. The summed E-state index contributed by atoms with van der Waals surface area (Å²) in [6, 6.07) is 0. The SMILES string of the molecule is CCCCCCCCCCCCCCCCCCC(CCCCCCCCCCCCCC)C(=O)C(CCCCCCCCCCCCCC)CCCCCCCCCCCCCCCCCC. The van der Waals surface area contributed by atoms with Crippen molar-refractivity contribution in [3.05, 3.63) is 0 Å². The van der Waals surface area contributed by atoms with Crippen LogP contribution in [0.3, 0.4) is 0 Å². The number of ketones is 1. The summed E-state index contributed by atoms with van der Waals surface area (Å²) in [7, 11) is 0. The van der Waals surface area contributed by atoms with E-state index in [-0.39, 0.29) is 0 Å². The number of Topliss-reactive ketones (excluding diaryl/α,β-unsaturated/α-hetero) is 1. The minimum Gasteiger partial charge on any atom is -0.299 e. The molecule has 0 N–H and O–H groups in total. The molecule has 0 bridgehead atoms. The first-order valence-corrected chi connectivity index (χ1v) is 33.2. The first-order valence-electron chi connectivity index (χ1n) is 33.2. The first kappa shape index (κ1) is 67.7. The third kappa shape index (κ3) is 53.5. The zero-order valence-electron chi connectivity index (χ0n) is 48.5. The molecular weight excluding hydrogens is 821 g/mol. The van der Waals surface area contributed by atoms with Crippen molar-refractivity contribution in [2.24, 2.45) is 11.8 Å². The molecule has 0 aliphatic rings. The van der Waals surface area contributed by atoms with Crippen LogP contribution in [0, 0.1) is 11.8 Å². The van der Waals surface area contributed by atoms with Gasteiger partial charge in [0.15, 0.2) is 0 Å². The van der Waals surface area contributed by atoms with E-state index in [1.807, 2.05) is 0 Å². The Bertz CT molecular complexity index is 822. The van der Waals surface area contributed by atoms with Gasteiger partial charge < -0.3 is 0 Å². The van der Waals surface area contributed by atoms with Crippen molar-refractivity contribution in [2.75, 3.05) is 0 Å². The Morgan fingerprint density at radius 2 is 0.279 bits per heavy atom. The van der Waals surface area contributed by atoms with Crippen molar-refractivity contribution < 1.29 is 4.79 Å². The predicted molar refractivity (Wildman–Crippen MR) is 312 cm³/mol. The highest BCUT2D eigenvalue weighted by Crippen LogP contribution is 2.29. The second-order valence-electron chi connectivity index (χ2n) is 23.3. The topological polar surface area (TPSA) is 17.1 Å². The lowest BCUT2D eigenvalue weighted by Gasteiger charge is -2.23. The molecule has 0 aliphatic carbocycles. The van der Waals surface area contributed by atoms with Crippen molar-refractivity contribution >= 4 is 5.78 Å². The van der Waals surface area contributed by atoms with Crippen molar-refractivity contribution in [1.82, 2.24) is 0 Å². The summed E-state index contributed by atoms with van der Waals surface area (Å²) in [5.41, 5.74) is 0. The van der Waals surface area contributed by atoms with Crippen LogP contribution < -0.4 is 0 Å². The molecule has 0 aromatic carbocycles. The monoisotopic (exact) mass is 955 g/mol. The Morgan fingerprint density at radius 1 is 0.176 bits per heavy atom. The number of carbonyl (C=O) groups is 1. The van der Waals surface area contributed by atoms with Gasteiger partial charge in [-0.25, -0.2) is 0 Å². The molecule has 0 saturated carbocycles. The highest BCUT2D eigenvalue weighted by atomic mass is 16.1. The van der Waals surface area contributed by atoms with E-state index in [1.54, 1.807) is 0 Å². The normalized spacial score (nSPS) is 12.6. The van der Waals surface area contributed by atoms with Crippen LogP contribution in [0.25, 0.3) is 0 Å². The molecule has 0 amide bonds. The summed E-state index contributed by atoms with van der Waals surface area (Å²) >= 11 is 0. The van der Waals surface area contributed by atoms with Crippen LogP contribution in [-0.2, 0) is 4.79 Å². The van der Waals surface area contributed by atoms with Gasteiger partial charge in [-0.1, -0.05) is 387 Å². The number of unbranched alkanes of at least 4 members (excludes halogenated alkanes) is 52. The van der Waals surface area contributed by atoms with Crippen LogP contribution in [0.2, 0.25) is 0 Å². The standard InChI is InChI=1S/C67H134O/c1-5-9-13-17-21-25-29-33-35-37-39-43-47-51-55-59-63-65(61-57-53-49-45-41-31-27-23-19-15-11-7-3)67(68)66(62-58-54-50-46-42-32-28-24-20-16-12-8-4)64-60-56-52-48-44-40-38-36-34-30-26-22-18-14-10-6-2/h65-66H,5-64H2,1-4H3. The Morgan fingerprint density at radius 3 is 0.397 bits per heavy atom. The number of carbonyl (C=O) groups excluding carboxylic acids is 1. The van der Waals surface area contributed by atoms with Gasteiger partial charge in [-0.05, 0) is 25.7 Å². The maximum absolute atomic E-state index is 14.7. The van der Waals surface area contributed by atoms with Crippen molar-refractivity contribution in [3.63, 3.8) is 0 Å². The van der Waals surface area contributed by atoms with Gasteiger partial charge in [-0.2, -0.15) is 0 Å². The zero-order valence-corrected chi connectivity index (χ0v) is 48.5. The van der Waals surface area contributed by atoms with E-state index in [0.717, 1.165) is 5.78 Å². The van der Waals surface area contributed by atoms with Gasteiger partial charge in [-0.3, -0.25) is 4.79 Å². The molecule has 0 aromatic heterocycles. The molecule has 0 saturated heterocycles. The van der Waals surface area contributed by atoms with Crippen molar-refractivity contribution in [2.45, 2.75) is 413 Å². The summed E-state index contributed by atoms with van der Waals surface area (Å²) in [6.45, 7) is 9.28. The fourth-order valence-corrected chi connectivity index (χ4v) is 11.5. The van der Waals surface area contributed by atoms with E-state index in [1.165, 1.54) is 385 Å². The molecule has 1 heteroatoms. The minimum absolute atomic E-state index is 0.341. The van der Waals surface area contributed by atoms with Crippen LogP contribution in [0.1, 0.15) is 413 Å². The van der Waals surface area contributed by atoms with Crippen LogP contribution in [0.4, 0.5) is 0 Å². The molecule has 0 aromatic rings. The average Bonchev–Trinajstić information content (AvgIpc) is 3.35. The molecule has 2 atom stereocenters. The highest BCUT2D eigenvalue weighted by Gasteiger charge is 2.26. The maximum atomic E-state index is 14.7.